The molecule has 0 bridgehead atoms. The van der Waals surface area contributed by atoms with Crippen molar-refractivity contribution in [1.82, 2.24) is 10.2 Å². The number of fused-ring (bicyclic) bond motifs is 3. The lowest BCUT2D eigenvalue weighted by Crippen LogP contribution is -2.40. The highest BCUT2D eigenvalue weighted by Crippen LogP contribution is 2.44. The van der Waals surface area contributed by atoms with E-state index in [1.807, 2.05) is 31.2 Å². The highest BCUT2D eigenvalue weighted by Gasteiger charge is 2.33. The molecule has 1 saturated carbocycles. The number of carboxylic acid groups (broad SMARTS) is 1. The van der Waals surface area contributed by atoms with Crippen LogP contribution in [0, 0.1) is 11.8 Å². The van der Waals surface area contributed by atoms with E-state index in [4.69, 9.17) is 9.84 Å². The number of hydrogen-bond donors (Lipinski definition) is 2. The zero-order valence-electron chi connectivity index (χ0n) is 20.2. The van der Waals surface area contributed by atoms with E-state index in [-0.39, 0.29) is 24.8 Å². The molecule has 0 unspecified atom stereocenters. The number of benzene rings is 2. The third-order valence-electron chi connectivity index (χ3n) is 7.12. The van der Waals surface area contributed by atoms with Crippen molar-refractivity contribution in [1.29, 1.82) is 0 Å². The Labute approximate surface area is 206 Å². The average molecular weight is 479 g/mol. The second kappa shape index (κ2) is 11.4. The van der Waals surface area contributed by atoms with Gasteiger partial charge in [-0.3, -0.25) is 9.59 Å². The quantitative estimate of drug-likeness (QED) is 0.490. The third-order valence-corrected chi connectivity index (χ3v) is 7.12. The van der Waals surface area contributed by atoms with Crippen LogP contribution in [0.1, 0.15) is 56.1 Å². The second-order valence-electron chi connectivity index (χ2n) is 9.64. The van der Waals surface area contributed by atoms with Crippen LogP contribution in [0.5, 0.6) is 0 Å². The first-order valence-corrected chi connectivity index (χ1v) is 12.5. The number of nitrogens with one attached hydrogen (secondary N) is 1. The Kier molecular flexibility index (Phi) is 8.06. The van der Waals surface area contributed by atoms with Gasteiger partial charge in [0.2, 0.25) is 5.91 Å². The van der Waals surface area contributed by atoms with Crippen LogP contribution in [0.4, 0.5) is 4.79 Å². The maximum Gasteiger partial charge on any atom is 0.407 e. The van der Waals surface area contributed by atoms with E-state index in [1.165, 1.54) is 22.3 Å². The molecule has 0 aliphatic heterocycles. The Morgan fingerprint density at radius 3 is 2.20 bits per heavy atom. The Morgan fingerprint density at radius 1 is 0.971 bits per heavy atom. The van der Waals surface area contributed by atoms with Gasteiger partial charge >= 0.3 is 12.1 Å². The van der Waals surface area contributed by atoms with Gasteiger partial charge in [-0.2, -0.15) is 0 Å². The van der Waals surface area contributed by atoms with Crippen LogP contribution in [-0.2, 0) is 14.3 Å². The molecule has 2 aromatic rings. The molecule has 2 aliphatic carbocycles. The molecule has 2 N–H and O–H groups in total. The smallest absolute Gasteiger partial charge is 0.407 e. The Balaban J connectivity index is 1.18. The number of rotatable bonds is 11. The predicted octanol–water partition coefficient (Wildman–Crippen LogP) is 4.65. The minimum atomic E-state index is -0.887. The SMILES string of the molecule is CCCN(CCC(=O)O)C(=O)CC1CC(CNC(=O)OCC2c3ccccc3-c3ccccc32)C1. The predicted molar refractivity (Wildman–Crippen MR) is 133 cm³/mol. The minimum absolute atomic E-state index is 0.0247. The van der Waals surface area contributed by atoms with Crippen molar-refractivity contribution in [2.75, 3.05) is 26.2 Å². The standard InChI is InChI=1S/C28H34N2O5/c1-2-12-30(13-11-27(32)33)26(31)16-19-14-20(15-19)17-29-28(34)35-18-25-23-9-5-3-7-21(23)22-8-4-6-10-24(22)25/h3-10,19-20,25H,2,11-18H2,1H3,(H,29,34)(H,32,33). The molecule has 0 heterocycles. The highest BCUT2D eigenvalue weighted by molar-refractivity contribution is 5.79. The van der Waals surface area contributed by atoms with E-state index in [2.05, 4.69) is 29.6 Å². The number of aliphatic carboxylic acids is 1. The fourth-order valence-corrected chi connectivity index (χ4v) is 5.32. The summed E-state index contributed by atoms with van der Waals surface area (Å²) in [6.45, 7) is 3.67. The zero-order valence-corrected chi connectivity index (χ0v) is 20.2. The molecule has 186 valence electrons. The van der Waals surface area contributed by atoms with Crippen molar-refractivity contribution in [3.05, 3.63) is 59.7 Å². The number of carboxylic acids is 1. The molecule has 0 aromatic heterocycles. The van der Waals surface area contributed by atoms with E-state index < -0.39 is 12.1 Å². The summed E-state index contributed by atoms with van der Waals surface area (Å²) in [4.78, 5) is 37.4. The fourth-order valence-electron chi connectivity index (χ4n) is 5.32. The van der Waals surface area contributed by atoms with Gasteiger partial charge in [-0.1, -0.05) is 55.5 Å². The summed E-state index contributed by atoms with van der Waals surface area (Å²) >= 11 is 0. The Morgan fingerprint density at radius 2 is 1.60 bits per heavy atom. The lowest BCUT2D eigenvalue weighted by molar-refractivity contribution is -0.139. The van der Waals surface area contributed by atoms with Crippen LogP contribution >= 0.6 is 0 Å². The monoisotopic (exact) mass is 478 g/mol. The van der Waals surface area contributed by atoms with Crippen molar-refractivity contribution in [3.8, 4) is 11.1 Å². The molecule has 7 nitrogen and oxygen atoms in total. The van der Waals surface area contributed by atoms with E-state index in [0.717, 1.165) is 19.3 Å². The number of carbonyl (C=O) groups is 3. The molecule has 0 radical (unpaired) electrons. The summed E-state index contributed by atoms with van der Waals surface area (Å²) in [6, 6.07) is 16.5. The van der Waals surface area contributed by atoms with Crippen LogP contribution < -0.4 is 5.32 Å². The molecule has 35 heavy (non-hydrogen) atoms. The lowest BCUT2D eigenvalue weighted by atomic mass is 9.73. The van der Waals surface area contributed by atoms with Gasteiger partial charge in [0.05, 0.1) is 6.42 Å². The van der Waals surface area contributed by atoms with Gasteiger partial charge in [-0.25, -0.2) is 4.79 Å². The average Bonchev–Trinajstić information content (AvgIpc) is 3.15. The molecular formula is C28H34N2O5. The highest BCUT2D eigenvalue weighted by atomic mass is 16.5. The van der Waals surface area contributed by atoms with Gasteiger partial charge in [0, 0.05) is 32.0 Å². The largest absolute Gasteiger partial charge is 0.481 e. The summed E-state index contributed by atoms with van der Waals surface area (Å²) in [5.74, 6) is -0.185. The number of ether oxygens (including phenoxy) is 1. The summed E-state index contributed by atoms with van der Waals surface area (Å²) < 4.78 is 5.60. The fraction of sp³-hybridized carbons (Fsp3) is 0.464. The number of hydrogen-bond acceptors (Lipinski definition) is 4. The molecule has 0 atom stereocenters. The lowest BCUT2D eigenvalue weighted by Gasteiger charge is -2.36. The molecule has 2 aromatic carbocycles. The van der Waals surface area contributed by atoms with Gasteiger partial charge in [0.1, 0.15) is 6.61 Å². The second-order valence-corrected chi connectivity index (χ2v) is 9.64. The van der Waals surface area contributed by atoms with E-state index in [1.54, 1.807) is 4.90 Å². The third kappa shape index (κ3) is 6.02. The number of alkyl carbamates (subject to hydrolysis) is 1. The molecule has 0 saturated heterocycles. The molecular weight excluding hydrogens is 444 g/mol. The maximum atomic E-state index is 12.6. The first-order valence-electron chi connectivity index (χ1n) is 12.5. The van der Waals surface area contributed by atoms with Crippen molar-refractivity contribution in [3.63, 3.8) is 0 Å². The topological polar surface area (TPSA) is 95.9 Å². The number of amides is 2. The number of nitrogens with zero attached hydrogens (tertiary/aromatic N) is 1. The van der Waals surface area contributed by atoms with Crippen molar-refractivity contribution >= 4 is 18.0 Å². The minimum Gasteiger partial charge on any atom is -0.481 e. The molecule has 1 fully saturated rings. The van der Waals surface area contributed by atoms with Crippen molar-refractivity contribution in [2.24, 2.45) is 11.8 Å². The molecule has 2 aliphatic rings. The summed E-state index contributed by atoms with van der Waals surface area (Å²) in [6.07, 6.45) is 2.59. The van der Waals surface area contributed by atoms with Crippen LogP contribution in [0.25, 0.3) is 11.1 Å². The van der Waals surface area contributed by atoms with Gasteiger partial charge < -0.3 is 20.1 Å². The zero-order chi connectivity index (χ0) is 24.8. The van der Waals surface area contributed by atoms with E-state index >= 15 is 0 Å². The van der Waals surface area contributed by atoms with E-state index in [9.17, 15) is 14.4 Å². The summed E-state index contributed by atoms with van der Waals surface area (Å²) in [5.41, 5.74) is 4.78. The van der Waals surface area contributed by atoms with Gasteiger partial charge in [0.25, 0.3) is 0 Å². The molecule has 4 rings (SSSR count). The van der Waals surface area contributed by atoms with E-state index in [0.29, 0.717) is 38.0 Å². The molecule has 0 spiro atoms. The normalized spacial score (nSPS) is 18.2. The van der Waals surface area contributed by atoms with Crippen LogP contribution in [-0.4, -0.2) is 54.2 Å². The summed E-state index contributed by atoms with van der Waals surface area (Å²) in [7, 11) is 0. The Bertz CT molecular complexity index is 1020. The summed E-state index contributed by atoms with van der Waals surface area (Å²) in [5, 5.41) is 11.8. The van der Waals surface area contributed by atoms with Gasteiger partial charge in [0.15, 0.2) is 0 Å². The molecule has 7 heteroatoms. The maximum absolute atomic E-state index is 12.6. The van der Waals surface area contributed by atoms with Crippen molar-refractivity contribution in [2.45, 2.75) is 44.9 Å². The van der Waals surface area contributed by atoms with Crippen LogP contribution in [0.15, 0.2) is 48.5 Å². The first-order chi connectivity index (χ1) is 17.0. The van der Waals surface area contributed by atoms with Crippen LogP contribution in [0.2, 0.25) is 0 Å². The Hall–Kier alpha value is -3.35. The van der Waals surface area contributed by atoms with Crippen LogP contribution in [0.3, 0.4) is 0 Å². The number of carbonyl (C=O) groups excluding carboxylic acids is 2. The first kappa shape index (κ1) is 24.8. The molecule has 2 amide bonds. The van der Waals surface area contributed by atoms with Gasteiger partial charge in [-0.05, 0) is 53.4 Å². The van der Waals surface area contributed by atoms with Gasteiger partial charge in [-0.15, -0.1) is 0 Å². The van der Waals surface area contributed by atoms with Crippen molar-refractivity contribution < 1.29 is 24.2 Å².